The van der Waals surface area contributed by atoms with Crippen molar-refractivity contribution in [1.82, 2.24) is 0 Å². The van der Waals surface area contributed by atoms with Crippen LogP contribution in [0.5, 0.6) is 0 Å². The number of ether oxygens (including phenoxy) is 3. The summed E-state index contributed by atoms with van der Waals surface area (Å²) >= 11 is 6.43. The first-order chi connectivity index (χ1) is 15.8. The van der Waals surface area contributed by atoms with Crippen molar-refractivity contribution in [3.8, 4) is 0 Å². The predicted molar refractivity (Wildman–Crippen MR) is 120 cm³/mol. The molecule has 1 aromatic carbocycles. The molecule has 4 atom stereocenters. The number of esters is 1. The predicted octanol–water partition coefficient (Wildman–Crippen LogP) is 2.25. The molecule has 33 heavy (non-hydrogen) atoms. The first-order valence-electron chi connectivity index (χ1n) is 11.2. The fourth-order valence-electron chi connectivity index (χ4n) is 5.13. The third-order valence-corrected chi connectivity index (χ3v) is 9.51. The van der Waals surface area contributed by atoms with Crippen LogP contribution in [0.3, 0.4) is 0 Å². The van der Waals surface area contributed by atoms with Crippen molar-refractivity contribution in [2.75, 3.05) is 19.8 Å². The number of sulfone groups is 1. The number of aryl methyl sites for hydroxylation is 1. The third kappa shape index (κ3) is 4.47. The van der Waals surface area contributed by atoms with E-state index in [9.17, 15) is 23.4 Å². The number of hydrogen-bond donors (Lipinski definition) is 2. The molecule has 4 rings (SSSR count). The molecule has 10 heteroatoms. The number of carbonyl (C=O) groups is 1. The number of hydrogen-bond acceptors (Lipinski definition) is 8. The molecule has 2 aliphatic carbocycles. The van der Waals surface area contributed by atoms with Crippen LogP contribution in [0.2, 0.25) is 5.02 Å². The standard InChI is InChI=1S/C23H29ClO8S/c1-2-30-22(27)15-11-23(31-17(12-25)18(13-26)32-23)10-9-19(15)33(28,29)20-8-4-6-14-5-3-7-16(24)21(14)20/h3,5,7,11,17-20,25-26H,2,4,6,8-10,12-13H2,1H3/t17-,18-,19-,20?/m1/s1. The third-order valence-electron chi connectivity index (χ3n) is 6.64. The summed E-state index contributed by atoms with van der Waals surface area (Å²) in [5.41, 5.74) is 1.48. The highest BCUT2D eigenvalue weighted by Gasteiger charge is 2.52. The van der Waals surface area contributed by atoms with Gasteiger partial charge in [-0.25, -0.2) is 13.2 Å². The van der Waals surface area contributed by atoms with Crippen LogP contribution in [-0.4, -0.2) is 67.7 Å². The molecule has 2 N–H and O–H groups in total. The van der Waals surface area contributed by atoms with Crippen molar-refractivity contribution >= 4 is 27.4 Å². The van der Waals surface area contributed by atoms with Crippen molar-refractivity contribution in [1.29, 1.82) is 0 Å². The maximum absolute atomic E-state index is 14.0. The number of aliphatic hydroxyl groups excluding tert-OH is 2. The van der Waals surface area contributed by atoms with E-state index in [1.165, 1.54) is 6.08 Å². The molecule has 182 valence electrons. The van der Waals surface area contributed by atoms with Gasteiger partial charge >= 0.3 is 5.97 Å². The second kappa shape index (κ2) is 9.64. The fourth-order valence-corrected chi connectivity index (χ4v) is 7.99. The first kappa shape index (κ1) is 24.6. The molecule has 1 spiro atoms. The topological polar surface area (TPSA) is 119 Å². The Hall–Kier alpha value is -1.49. The van der Waals surface area contributed by atoms with E-state index in [2.05, 4.69) is 0 Å². The van der Waals surface area contributed by atoms with Crippen molar-refractivity contribution < 1.29 is 37.6 Å². The molecule has 0 radical (unpaired) electrons. The minimum absolute atomic E-state index is 0.0439. The Balaban J connectivity index is 1.74. The van der Waals surface area contributed by atoms with Crippen LogP contribution in [0.4, 0.5) is 0 Å². The van der Waals surface area contributed by atoms with Crippen LogP contribution in [0.25, 0.3) is 0 Å². The molecule has 0 amide bonds. The Labute approximate surface area is 198 Å². The average Bonchev–Trinajstić information content (AvgIpc) is 3.16. The number of benzene rings is 1. The van der Waals surface area contributed by atoms with Crippen LogP contribution in [0.15, 0.2) is 29.8 Å². The highest BCUT2D eigenvalue weighted by molar-refractivity contribution is 7.92. The SMILES string of the molecule is CCOC(=O)C1=CC2(CC[C@H]1S(=O)(=O)C1CCCc3cccc(Cl)c31)O[C@H](CO)[C@@H](CO)O2. The van der Waals surface area contributed by atoms with Crippen molar-refractivity contribution in [2.24, 2.45) is 0 Å². The monoisotopic (exact) mass is 500 g/mol. The van der Waals surface area contributed by atoms with Gasteiger partial charge in [-0.15, -0.1) is 0 Å². The zero-order chi connectivity index (χ0) is 23.8. The lowest BCUT2D eigenvalue weighted by Crippen LogP contribution is -2.42. The molecule has 1 aliphatic heterocycles. The Morgan fingerprint density at radius 2 is 1.88 bits per heavy atom. The summed E-state index contributed by atoms with van der Waals surface area (Å²) in [6.45, 7) is 0.960. The number of carbonyl (C=O) groups excluding carboxylic acids is 1. The molecule has 1 heterocycles. The van der Waals surface area contributed by atoms with Crippen molar-refractivity contribution in [3.05, 3.63) is 46.0 Å². The summed E-state index contributed by atoms with van der Waals surface area (Å²) in [4.78, 5) is 12.9. The summed E-state index contributed by atoms with van der Waals surface area (Å²) < 4.78 is 44.8. The van der Waals surface area contributed by atoms with Gasteiger partial charge in [0.1, 0.15) is 12.2 Å². The van der Waals surface area contributed by atoms with Gasteiger partial charge in [0, 0.05) is 11.4 Å². The van der Waals surface area contributed by atoms with Crippen LogP contribution >= 0.6 is 11.6 Å². The Morgan fingerprint density at radius 3 is 2.52 bits per heavy atom. The summed E-state index contributed by atoms with van der Waals surface area (Å²) in [6.07, 6.45) is 1.89. The first-order valence-corrected chi connectivity index (χ1v) is 13.2. The van der Waals surface area contributed by atoms with E-state index in [4.69, 9.17) is 25.8 Å². The van der Waals surface area contributed by atoms with Crippen molar-refractivity contribution in [3.63, 3.8) is 0 Å². The minimum Gasteiger partial charge on any atom is -0.463 e. The Bertz CT molecular complexity index is 1020. The molecule has 0 saturated carbocycles. The maximum atomic E-state index is 14.0. The zero-order valence-electron chi connectivity index (χ0n) is 18.4. The van der Waals surface area contributed by atoms with Gasteiger partial charge in [-0.1, -0.05) is 23.7 Å². The minimum atomic E-state index is -3.88. The fraction of sp³-hybridized carbons (Fsp3) is 0.609. The summed E-state index contributed by atoms with van der Waals surface area (Å²) in [6, 6.07) is 5.40. The second-order valence-corrected chi connectivity index (χ2v) is 11.3. The molecular weight excluding hydrogens is 472 g/mol. The number of aliphatic hydroxyl groups is 2. The molecule has 1 aromatic rings. The van der Waals surface area contributed by atoms with E-state index in [0.29, 0.717) is 23.4 Å². The number of halogens is 1. The summed E-state index contributed by atoms with van der Waals surface area (Å²) in [5, 5.41) is 17.6. The van der Waals surface area contributed by atoms with Crippen molar-refractivity contribution in [2.45, 2.75) is 67.5 Å². The van der Waals surface area contributed by atoms with Gasteiger partial charge in [0.2, 0.25) is 0 Å². The average molecular weight is 501 g/mol. The summed E-state index contributed by atoms with van der Waals surface area (Å²) in [5.74, 6) is -2.16. The highest BCUT2D eigenvalue weighted by Crippen LogP contribution is 2.47. The van der Waals surface area contributed by atoms with E-state index < -0.39 is 44.3 Å². The quantitative estimate of drug-likeness (QED) is 0.571. The van der Waals surface area contributed by atoms with Gasteiger partial charge in [0.15, 0.2) is 15.6 Å². The second-order valence-electron chi connectivity index (χ2n) is 8.62. The lowest BCUT2D eigenvalue weighted by atomic mass is 9.91. The molecule has 1 unspecified atom stereocenters. The van der Waals surface area contributed by atoms with Gasteiger partial charge in [-0.3, -0.25) is 0 Å². The highest BCUT2D eigenvalue weighted by atomic mass is 35.5. The van der Waals surface area contributed by atoms with Gasteiger partial charge in [-0.05, 0) is 55.9 Å². The van der Waals surface area contributed by atoms with Crippen LogP contribution in [0, 0.1) is 0 Å². The normalized spacial score (nSPS) is 28.9. The van der Waals surface area contributed by atoms with Gasteiger partial charge in [0.25, 0.3) is 0 Å². The molecule has 0 aromatic heterocycles. The molecular formula is C23H29ClO8S. The van der Waals surface area contributed by atoms with Gasteiger partial charge in [-0.2, -0.15) is 0 Å². The van der Waals surface area contributed by atoms with Crippen LogP contribution < -0.4 is 0 Å². The smallest absolute Gasteiger partial charge is 0.335 e. The van der Waals surface area contributed by atoms with Gasteiger partial charge in [0.05, 0.1) is 35.9 Å². The number of rotatable bonds is 6. The Kier molecular flexibility index (Phi) is 7.19. The molecule has 0 bridgehead atoms. The number of fused-ring (bicyclic) bond motifs is 1. The summed E-state index contributed by atoms with van der Waals surface area (Å²) in [7, 11) is -3.88. The molecule has 1 saturated heterocycles. The molecule has 1 fully saturated rings. The molecule has 3 aliphatic rings. The molecule has 8 nitrogen and oxygen atoms in total. The van der Waals surface area contributed by atoms with E-state index in [0.717, 1.165) is 12.0 Å². The van der Waals surface area contributed by atoms with E-state index >= 15 is 0 Å². The van der Waals surface area contributed by atoms with Gasteiger partial charge < -0.3 is 24.4 Å². The zero-order valence-corrected chi connectivity index (χ0v) is 20.0. The Morgan fingerprint density at radius 1 is 1.18 bits per heavy atom. The van der Waals surface area contributed by atoms with Crippen LogP contribution in [0.1, 0.15) is 49.0 Å². The lowest BCUT2D eigenvalue weighted by molar-refractivity contribution is -0.154. The maximum Gasteiger partial charge on any atom is 0.335 e. The lowest BCUT2D eigenvalue weighted by Gasteiger charge is -2.36. The van der Waals surface area contributed by atoms with E-state index in [1.807, 2.05) is 12.1 Å². The van der Waals surface area contributed by atoms with E-state index in [1.54, 1.807) is 13.0 Å². The van der Waals surface area contributed by atoms with Crippen LogP contribution in [-0.2, 0) is 35.3 Å². The van der Waals surface area contributed by atoms with E-state index in [-0.39, 0.29) is 38.2 Å². The largest absolute Gasteiger partial charge is 0.463 e.